The zero-order valence-corrected chi connectivity index (χ0v) is 23.0. The number of benzene rings is 1. The zero-order chi connectivity index (χ0) is 22.8. The third-order valence-corrected chi connectivity index (χ3v) is 11.3. The van der Waals surface area contributed by atoms with E-state index in [0.717, 1.165) is 19.6 Å². The first kappa shape index (κ1) is 24.7. The molecular formula is C22H24Cl2O2S4. The van der Waals surface area contributed by atoms with Crippen LogP contribution in [0.3, 0.4) is 0 Å². The third kappa shape index (κ3) is 4.42. The second-order valence-corrected chi connectivity index (χ2v) is 14.8. The highest BCUT2D eigenvalue weighted by molar-refractivity contribution is 8.26. The second kappa shape index (κ2) is 8.42. The maximum absolute atomic E-state index is 13.3. The first-order chi connectivity index (χ1) is 13.6. The summed E-state index contributed by atoms with van der Waals surface area (Å²) in [4.78, 5) is 30.2. The Kier molecular flexibility index (Phi) is 6.92. The Bertz CT molecular complexity index is 964. The molecule has 0 N–H and O–H groups in total. The lowest BCUT2D eigenvalue weighted by atomic mass is 9.79. The van der Waals surface area contributed by atoms with Crippen LogP contribution in [0.15, 0.2) is 39.2 Å². The second-order valence-electron chi connectivity index (χ2n) is 9.46. The monoisotopic (exact) mass is 518 g/mol. The molecule has 1 aromatic carbocycles. The Hall–Kier alpha value is 0.0200. The van der Waals surface area contributed by atoms with Crippen molar-refractivity contribution in [1.82, 2.24) is 0 Å². The van der Waals surface area contributed by atoms with Crippen LogP contribution in [-0.4, -0.2) is 11.6 Å². The Morgan fingerprint density at radius 3 is 1.20 bits per heavy atom. The number of ketones is 2. The van der Waals surface area contributed by atoms with Gasteiger partial charge in [-0.15, -0.1) is 0 Å². The van der Waals surface area contributed by atoms with Crippen LogP contribution in [0.25, 0.3) is 0 Å². The molecule has 162 valence electrons. The summed E-state index contributed by atoms with van der Waals surface area (Å²) in [7, 11) is 0. The predicted octanol–water partition coefficient (Wildman–Crippen LogP) is 9.08. The van der Waals surface area contributed by atoms with E-state index in [1.165, 1.54) is 33.3 Å². The molecule has 0 spiro atoms. The maximum atomic E-state index is 13.3. The lowest BCUT2D eigenvalue weighted by Crippen LogP contribution is -2.32. The van der Waals surface area contributed by atoms with E-state index < -0.39 is 10.8 Å². The SMILES string of the molecule is CC(C)=C1Sc2c(Cl)c3c(c(Cl)c2S1)SC(=C(C(=O)C(C)(C)C)C(=O)C(C)(C)C)S3. The van der Waals surface area contributed by atoms with E-state index >= 15 is 0 Å². The average Bonchev–Trinajstić information content (AvgIpc) is 3.23. The molecule has 0 aromatic heterocycles. The molecule has 0 bridgehead atoms. The van der Waals surface area contributed by atoms with E-state index in [1.807, 2.05) is 41.5 Å². The highest BCUT2D eigenvalue weighted by Crippen LogP contribution is 2.66. The Morgan fingerprint density at radius 2 is 0.933 bits per heavy atom. The predicted molar refractivity (Wildman–Crippen MR) is 134 cm³/mol. The number of fused-ring (bicyclic) bond motifs is 2. The normalized spacial score (nSPS) is 15.9. The summed E-state index contributed by atoms with van der Waals surface area (Å²) in [6.07, 6.45) is 0. The Morgan fingerprint density at radius 1 is 0.633 bits per heavy atom. The number of carbonyl (C=O) groups is 2. The number of halogens is 2. The van der Waals surface area contributed by atoms with Gasteiger partial charge in [-0.25, -0.2) is 0 Å². The van der Waals surface area contributed by atoms with Gasteiger partial charge in [0.15, 0.2) is 11.6 Å². The number of Topliss-reactive ketones (excluding diaryl/α,β-unsaturated/α-hetero) is 2. The van der Waals surface area contributed by atoms with Gasteiger partial charge in [0.2, 0.25) is 0 Å². The minimum atomic E-state index is -0.668. The van der Waals surface area contributed by atoms with Gasteiger partial charge in [-0.1, -0.05) is 117 Å². The van der Waals surface area contributed by atoms with Gasteiger partial charge in [-0.05, 0) is 13.8 Å². The quantitative estimate of drug-likeness (QED) is 0.220. The van der Waals surface area contributed by atoms with Crippen molar-refractivity contribution < 1.29 is 9.59 Å². The molecule has 30 heavy (non-hydrogen) atoms. The fraction of sp³-hybridized carbons (Fsp3) is 0.455. The van der Waals surface area contributed by atoms with Crippen molar-refractivity contribution in [2.75, 3.05) is 0 Å². The van der Waals surface area contributed by atoms with Gasteiger partial charge in [0.1, 0.15) is 0 Å². The molecule has 0 radical (unpaired) electrons. The van der Waals surface area contributed by atoms with Crippen LogP contribution in [0, 0.1) is 10.8 Å². The highest BCUT2D eigenvalue weighted by Gasteiger charge is 2.41. The summed E-state index contributed by atoms with van der Waals surface area (Å²) in [6.45, 7) is 15.2. The van der Waals surface area contributed by atoms with Gasteiger partial charge >= 0.3 is 0 Å². The van der Waals surface area contributed by atoms with Crippen LogP contribution in [0.1, 0.15) is 55.4 Å². The molecule has 0 saturated heterocycles. The van der Waals surface area contributed by atoms with Crippen molar-refractivity contribution in [3.8, 4) is 0 Å². The number of hydrogen-bond acceptors (Lipinski definition) is 6. The molecule has 2 heterocycles. The molecule has 1 aromatic rings. The summed E-state index contributed by atoms with van der Waals surface area (Å²) in [5, 5.41) is 1.30. The molecule has 0 atom stereocenters. The van der Waals surface area contributed by atoms with E-state index in [0.29, 0.717) is 14.3 Å². The van der Waals surface area contributed by atoms with Crippen molar-refractivity contribution in [3.05, 3.63) is 29.7 Å². The van der Waals surface area contributed by atoms with E-state index in [1.54, 1.807) is 23.5 Å². The number of thioether (sulfide) groups is 4. The average molecular weight is 520 g/mol. The first-order valence-corrected chi connectivity index (χ1v) is 13.4. The van der Waals surface area contributed by atoms with Gasteiger partial charge < -0.3 is 0 Å². The van der Waals surface area contributed by atoms with Gasteiger partial charge in [0.05, 0.1) is 19.9 Å². The molecule has 2 nitrogen and oxygen atoms in total. The first-order valence-electron chi connectivity index (χ1n) is 9.42. The molecule has 0 unspecified atom stereocenters. The molecule has 0 saturated carbocycles. The number of carbonyl (C=O) groups excluding carboxylic acids is 2. The molecule has 0 fully saturated rings. The number of hydrogen-bond donors (Lipinski definition) is 0. The standard InChI is InChI=1S/C22H24Cl2O2S4/c1-9(2)19-27-13-11(23)15-16(12(24)14(13)28-19)30-20(29-15)10(17(25)21(3,4)5)18(26)22(6,7)8/h1-8H3. The summed E-state index contributed by atoms with van der Waals surface area (Å²) in [5.41, 5.74) is 0.152. The zero-order valence-electron chi connectivity index (χ0n) is 18.2. The summed E-state index contributed by atoms with van der Waals surface area (Å²) in [6, 6.07) is 0. The number of allylic oxidation sites excluding steroid dienone is 2. The van der Waals surface area contributed by atoms with E-state index in [-0.39, 0.29) is 17.1 Å². The van der Waals surface area contributed by atoms with Crippen LogP contribution >= 0.6 is 70.2 Å². The smallest absolute Gasteiger partial charge is 0.173 e. The molecular weight excluding hydrogens is 495 g/mol. The minimum absolute atomic E-state index is 0.152. The topological polar surface area (TPSA) is 34.1 Å². The summed E-state index contributed by atoms with van der Waals surface area (Å²) in [5.74, 6) is -0.304. The Balaban J connectivity index is 2.17. The molecule has 2 aliphatic heterocycles. The largest absolute Gasteiger partial charge is 0.293 e. The van der Waals surface area contributed by atoms with Crippen molar-refractivity contribution in [1.29, 1.82) is 0 Å². The van der Waals surface area contributed by atoms with Crippen LogP contribution in [0.5, 0.6) is 0 Å². The van der Waals surface area contributed by atoms with E-state index in [2.05, 4.69) is 13.8 Å². The van der Waals surface area contributed by atoms with Crippen molar-refractivity contribution in [2.45, 2.75) is 75.0 Å². The molecule has 8 heteroatoms. The van der Waals surface area contributed by atoms with Crippen molar-refractivity contribution in [3.63, 3.8) is 0 Å². The molecule has 2 aliphatic rings. The van der Waals surface area contributed by atoms with Crippen LogP contribution in [0.4, 0.5) is 0 Å². The van der Waals surface area contributed by atoms with Crippen molar-refractivity contribution >= 4 is 81.8 Å². The molecule has 3 rings (SSSR count). The van der Waals surface area contributed by atoms with Crippen molar-refractivity contribution in [2.24, 2.45) is 10.8 Å². The minimum Gasteiger partial charge on any atom is -0.293 e. The van der Waals surface area contributed by atoms with Crippen LogP contribution in [0.2, 0.25) is 10.0 Å². The van der Waals surface area contributed by atoms with Crippen LogP contribution in [-0.2, 0) is 9.59 Å². The van der Waals surface area contributed by atoms with Gasteiger partial charge in [-0.3, -0.25) is 9.59 Å². The Labute approximate surface area is 205 Å². The van der Waals surface area contributed by atoms with E-state index in [4.69, 9.17) is 23.2 Å². The van der Waals surface area contributed by atoms with Gasteiger partial charge in [0.25, 0.3) is 0 Å². The van der Waals surface area contributed by atoms with Gasteiger partial charge in [0, 0.05) is 34.6 Å². The third-order valence-electron chi connectivity index (χ3n) is 4.42. The lowest BCUT2D eigenvalue weighted by molar-refractivity contribution is -0.129. The summed E-state index contributed by atoms with van der Waals surface area (Å²) >= 11 is 19.7. The van der Waals surface area contributed by atoms with E-state index in [9.17, 15) is 9.59 Å². The fourth-order valence-corrected chi connectivity index (χ4v) is 9.02. The summed E-state index contributed by atoms with van der Waals surface area (Å²) < 4.78 is 1.87. The molecule has 0 aliphatic carbocycles. The maximum Gasteiger partial charge on any atom is 0.173 e. The highest BCUT2D eigenvalue weighted by atomic mass is 35.5. The van der Waals surface area contributed by atoms with Crippen LogP contribution < -0.4 is 0 Å². The molecule has 0 amide bonds. The lowest BCUT2D eigenvalue weighted by Gasteiger charge is -2.24. The fourth-order valence-electron chi connectivity index (χ4n) is 2.73. The number of rotatable bonds is 2. The van der Waals surface area contributed by atoms with Gasteiger partial charge in [-0.2, -0.15) is 0 Å².